The van der Waals surface area contributed by atoms with Gasteiger partial charge in [0.1, 0.15) is 0 Å². The fourth-order valence-corrected chi connectivity index (χ4v) is 3.01. The van der Waals surface area contributed by atoms with E-state index < -0.39 is 0 Å². The molecule has 9 nitrogen and oxygen atoms in total. The van der Waals surface area contributed by atoms with E-state index in [1.165, 1.54) is 0 Å². The zero-order chi connectivity index (χ0) is 19.2. The molecule has 2 N–H and O–H groups in total. The lowest BCUT2D eigenvalue weighted by Crippen LogP contribution is -2.41. The molecule has 1 fully saturated rings. The number of hydrogen-bond donors (Lipinski definition) is 2. The second-order valence-corrected chi connectivity index (χ2v) is 6.12. The van der Waals surface area contributed by atoms with Gasteiger partial charge in [-0.3, -0.25) is 4.79 Å². The van der Waals surface area contributed by atoms with Crippen molar-refractivity contribution < 1.29 is 23.5 Å². The molecule has 1 saturated heterocycles. The number of carbonyl (C=O) groups is 1. The molecule has 146 valence electrons. The molecular weight excluding hydrogens is 352 g/mol. The largest absolute Gasteiger partial charge is 0.493 e. The minimum atomic E-state index is -0.0949. The average molecular weight is 376 g/mol. The molecular formula is C18H24N4O5. The minimum absolute atomic E-state index is 0.0110. The number of carbonyl (C=O) groups excluding carboxylic acids is 1. The van der Waals surface area contributed by atoms with Crippen LogP contribution in [0.1, 0.15) is 18.7 Å². The highest BCUT2D eigenvalue weighted by Gasteiger charge is 2.22. The molecule has 0 radical (unpaired) electrons. The summed E-state index contributed by atoms with van der Waals surface area (Å²) in [5.41, 5.74) is 0.679. The highest BCUT2D eigenvalue weighted by atomic mass is 16.5. The zero-order valence-corrected chi connectivity index (χ0v) is 15.7. The summed E-state index contributed by atoms with van der Waals surface area (Å²) in [5, 5.41) is 10.1. The third kappa shape index (κ3) is 4.30. The van der Waals surface area contributed by atoms with E-state index >= 15 is 0 Å². The Morgan fingerprint density at radius 3 is 2.59 bits per heavy atom. The quantitative estimate of drug-likeness (QED) is 0.707. The summed E-state index contributed by atoms with van der Waals surface area (Å²) in [6.45, 7) is 1.33. The fraction of sp³-hybridized carbons (Fsp3) is 0.500. The molecule has 0 bridgehead atoms. The molecule has 1 amide bonds. The Kier molecular flexibility index (Phi) is 6.12. The second-order valence-electron chi connectivity index (χ2n) is 6.12. The van der Waals surface area contributed by atoms with Gasteiger partial charge >= 0.3 is 0 Å². The van der Waals surface area contributed by atoms with Crippen molar-refractivity contribution in [2.24, 2.45) is 0 Å². The molecule has 9 heteroatoms. The number of hydrogen-bond acceptors (Lipinski definition) is 8. The van der Waals surface area contributed by atoms with Crippen LogP contribution < -0.4 is 24.8 Å². The maximum absolute atomic E-state index is 12.0. The SMILES string of the molecule is COc1cc(-c2noc(CCNC(=O)C3CCCN3)n2)cc(OC)c1OC. The molecule has 0 spiro atoms. The van der Waals surface area contributed by atoms with E-state index in [2.05, 4.69) is 20.8 Å². The number of amides is 1. The number of aromatic nitrogens is 2. The van der Waals surface area contributed by atoms with E-state index in [4.69, 9.17) is 18.7 Å². The molecule has 1 atom stereocenters. The monoisotopic (exact) mass is 376 g/mol. The summed E-state index contributed by atoms with van der Waals surface area (Å²) in [7, 11) is 4.64. The maximum atomic E-state index is 12.0. The molecule has 1 aliphatic rings. The Hall–Kier alpha value is -2.81. The van der Waals surface area contributed by atoms with E-state index in [0.29, 0.717) is 47.5 Å². The molecule has 2 heterocycles. The van der Waals surface area contributed by atoms with Gasteiger partial charge in [-0.2, -0.15) is 4.98 Å². The number of nitrogens with zero attached hydrogens (tertiary/aromatic N) is 2. The van der Waals surface area contributed by atoms with Gasteiger partial charge in [-0.05, 0) is 31.5 Å². The number of benzene rings is 1. The van der Waals surface area contributed by atoms with Gasteiger partial charge in [0.05, 0.1) is 27.4 Å². The van der Waals surface area contributed by atoms with Gasteiger partial charge in [-0.15, -0.1) is 0 Å². The standard InChI is InChI=1S/C18H24N4O5/c1-24-13-9-11(10-14(25-2)16(13)26-3)17-21-15(27-22-17)6-8-20-18(23)12-5-4-7-19-12/h9-10,12,19H,4-8H2,1-3H3,(H,20,23). The van der Waals surface area contributed by atoms with Crippen LogP contribution in [0.15, 0.2) is 16.7 Å². The number of ether oxygens (including phenoxy) is 3. The summed E-state index contributed by atoms with van der Waals surface area (Å²) >= 11 is 0. The van der Waals surface area contributed by atoms with Gasteiger partial charge in [0.15, 0.2) is 11.5 Å². The summed E-state index contributed by atoms with van der Waals surface area (Å²) < 4.78 is 21.3. The molecule has 27 heavy (non-hydrogen) atoms. The van der Waals surface area contributed by atoms with Gasteiger partial charge in [-0.25, -0.2) is 0 Å². The summed E-state index contributed by atoms with van der Waals surface area (Å²) in [6, 6.07) is 3.41. The molecule has 0 aliphatic carbocycles. The first-order valence-electron chi connectivity index (χ1n) is 8.80. The molecule has 3 rings (SSSR count). The average Bonchev–Trinajstić information content (AvgIpc) is 3.38. The highest BCUT2D eigenvalue weighted by Crippen LogP contribution is 2.40. The normalized spacial score (nSPS) is 16.2. The zero-order valence-electron chi connectivity index (χ0n) is 15.7. The van der Waals surface area contributed by atoms with Gasteiger partial charge in [0.2, 0.25) is 23.4 Å². The fourth-order valence-electron chi connectivity index (χ4n) is 3.01. The first kappa shape index (κ1) is 19.0. The van der Waals surface area contributed by atoms with Crippen molar-refractivity contribution in [3.8, 4) is 28.6 Å². The molecule has 1 aromatic heterocycles. The summed E-state index contributed by atoms with van der Waals surface area (Å²) in [6.07, 6.45) is 2.35. The van der Waals surface area contributed by atoms with E-state index in [0.717, 1.165) is 19.4 Å². The molecule has 1 aromatic carbocycles. The maximum Gasteiger partial charge on any atom is 0.237 e. The molecule has 0 saturated carbocycles. The Morgan fingerprint density at radius 2 is 2.00 bits per heavy atom. The highest BCUT2D eigenvalue weighted by molar-refractivity contribution is 5.81. The lowest BCUT2D eigenvalue weighted by Gasteiger charge is -2.12. The first-order valence-corrected chi connectivity index (χ1v) is 8.80. The van der Waals surface area contributed by atoms with Gasteiger partial charge in [0.25, 0.3) is 0 Å². The topological polar surface area (TPSA) is 108 Å². The molecule has 1 unspecified atom stereocenters. The van der Waals surface area contributed by atoms with Crippen molar-refractivity contribution in [1.82, 2.24) is 20.8 Å². The number of methoxy groups -OCH3 is 3. The van der Waals surface area contributed by atoms with Crippen LogP contribution >= 0.6 is 0 Å². The Bertz CT molecular complexity index is 761. The summed E-state index contributed by atoms with van der Waals surface area (Å²) in [4.78, 5) is 16.4. The van der Waals surface area contributed by atoms with Crippen LogP contribution in [0.25, 0.3) is 11.4 Å². The lowest BCUT2D eigenvalue weighted by atomic mass is 10.1. The van der Waals surface area contributed by atoms with Crippen LogP contribution in [-0.4, -0.2) is 56.5 Å². The van der Waals surface area contributed by atoms with Crippen LogP contribution in [0.4, 0.5) is 0 Å². The Morgan fingerprint density at radius 1 is 1.26 bits per heavy atom. The van der Waals surface area contributed by atoms with Crippen molar-refractivity contribution in [3.63, 3.8) is 0 Å². The van der Waals surface area contributed by atoms with E-state index in [1.54, 1.807) is 33.5 Å². The third-order valence-corrected chi connectivity index (χ3v) is 4.41. The van der Waals surface area contributed by atoms with E-state index in [1.807, 2.05) is 0 Å². The van der Waals surface area contributed by atoms with Gasteiger partial charge in [0, 0.05) is 18.5 Å². The lowest BCUT2D eigenvalue weighted by molar-refractivity contribution is -0.122. The number of nitrogens with one attached hydrogen (secondary N) is 2. The first-order chi connectivity index (χ1) is 13.2. The predicted octanol–water partition coefficient (Wildman–Crippen LogP) is 1.17. The van der Waals surface area contributed by atoms with Crippen LogP contribution in [0, 0.1) is 0 Å². The summed E-state index contributed by atoms with van der Waals surface area (Å²) in [5.74, 6) is 2.38. The number of rotatable bonds is 8. The van der Waals surface area contributed by atoms with E-state index in [9.17, 15) is 4.79 Å². The Balaban J connectivity index is 1.65. The van der Waals surface area contributed by atoms with Crippen LogP contribution in [0.3, 0.4) is 0 Å². The van der Waals surface area contributed by atoms with Crippen LogP contribution in [0.5, 0.6) is 17.2 Å². The minimum Gasteiger partial charge on any atom is -0.493 e. The smallest absolute Gasteiger partial charge is 0.237 e. The van der Waals surface area contributed by atoms with Crippen molar-refractivity contribution in [3.05, 3.63) is 18.0 Å². The van der Waals surface area contributed by atoms with E-state index in [-0.39, 0.29) is 11.9 Å². The third-order valence-electron chi connectivity index (χ3n) is 4.41. The van der Waals surface area contributed by atoms with Crippen molar-refractivity contribution in [2.45, 2.75) is 25.3 Å². The molecule has 2 aromatic rings. The van der Waals surface area contributed by atoms with Crippen molar-refractivity contribution in [2.75, 3.05) is 34.4 Å². The van der Waals surface area contributed by atoms with Gasteiger partial charge in [-0.1, -0.05) is 5.16 Å². The van der Waals surface area contributed by atoms with Crippen molar-refractivity contribution in [1.29, 1.82) is 0 Å². The second kappa shape index (κ2) is 8.72. The van der Waals surface area contributed by atoms with Crippen LogP contribution in [-0.2, 0) is 11.2 Å². The van der Waals surface area contributed by atoms with Gasteiger partial charge < -0.3 is 29.4 Å². The van der Waals surface area contributed by atoms with Crippen molar-refractivity contribution >= 4 is 5.91 Å². The molecule has 1 aliphatic heterocycles. The predicted molar refractivity (Wildman–Crippen MR) is 97.1 cm³/mol. The van der Waals surface area contributed by atoms with Crippen LogP contribution in [0.2, 0.25) is 0 Å². The Labute approximate surface area is 157 Å².